The second-order valence-corrected chi connectivity index (χ2v) is 8.16. The number of thioether (sulfide) groups is 1. The molecule has 2 rings (SSSR count). The van der Waals surface area contributed by atoms with Crippen molar-refractivity contribution in [1.82, 2.24) is 9.97 Å². The summed E-state index contributed by atoms with van der Waals surface area (Å²) >= 11 is 6.30. The highest BCUT2D eigenvalue weighted by Crippen LogP contribution is 2.17. The number of aromatic nitrogens is 2. The number of nitrogens with one attached hydrogen (secondary N) is 1. The van der Waals surface area contributed by atoms with Gasteiger partial charge in [-0.2, -0.15) is 0 Å². The van der Waals surface area contributed by atoms with Gasteiger partial charge in [-0.15, -0.1) is 11.8 Å². The van der Waals surface area contributed by atoms with E-state index in [4.69, 9.17) is 32.8 Å². The van der Waals surface area contributed by atoms with Crippen molar-refractivity contribution in [3.8, 4) is 11.8 Å². The van der Waals surface area contributed by atoms with Gasteiger partial charge in [0.05, 0.1) is 17.3 Å². The third-order valence-electron chi connectivity index (χ3n) is 3.32. The summed E-state index contributed by atoms with van der Waals surface area (Å²) < 4.78 is 11.0. The molecule has 0 aromatic carbocycles. The summed E-state index contributed by atoms with van der Waals surface area (Å²) in [6, 6.07) is 7.31. The maximum Gasteiger partial charge on any atom is 0.214 e. The summed E-state index contributed by atoms with van der Waals surface area (Å²) in [6.07, 6.45) is 2.10. The van der Waals surface area contributed by atoms with Crippen LogP contribution in [0, 0.1) is 19.3 Å². The maximum absolute atomic E-state index is 7.73. The lowest BCUT2D eigenvalue weighted by Crippen LogP contribution is -2.12. The average Bonchev–Trinajstić information content (AvgIpc) is 2.59. The highest BCUT2D eigenvalue weighted by molar-refractivity contribution is 8.13. The van der Waals surface area contributed by atoms with Crippen molar-refractivity contribution in [2.75, 3.05) is 6.26 Å². The Morgan fingerprint density at radius 1 is 0.931 bits per heavy atom. The monoisotopic (exact) mass is 434 g/mol. The minimum atomic E-state index is 0.100. The molecule has 0 aliphatic rings. The van der Waals surface area contributed by atoms with Crippen LogP contribution in [-0.4, -0.2) is 38.5 Å². The van der Waals surface area contributed by atoms with Crippen LogP contribution in [0.25, 0.3) is 0 Å². The largest absolute Gasteiger partial charge is 0.475 e. The van der Waals surface area contributed by atoms with Gasteiger partial charge in [0.25, 0.3) is 0 Å². The van der Waals surface area contributed by atoms with Crippen molar-refractivity contribution in [3.05, 3.63) is 46.8 Å². The summed E-state index contributed by atoms with van der Waals surface area (Å²) in [7, 11) is 0. The Kier molecular flexibility index (Phi) is 10.0. The van der Waals surface area contributed by atoms with E-state index in [9.17, 15) is 0 Å². The van der Waals surface area contributed by atoms with Gasteiger partial charge in [-0.25, -0.2) is 9.97 Å². The zero-order chi connectivity index (χ0) is 22.1. The van der Waals surface area contributed by atoms with E-state index < -0.39 is 0 Å². The highest BCUT2D eigenvalue weighted by atomic mass is 32.2. The first-order valence-electron chi connectivity index (χ1n) is 9.25. The molecule has 158 valence electrons. The minimum absolute atomic E-state index is 0.100. The molecule has 2 heterocycles. The number of rotatable bonds is 6. The van der Waals surface area contributed by atoms with Gasteiger partial charge in [0.2, 0.25) is 11.8 Å². The van der Waals surface area contributed by atoms with Gasteiger partial charge in [0, 0.05) is 34.6 Å². The maximum atomic E-state index is 7.73. The van der Waals surface area contributed by atoms with Crippen LogP contribution in [0.5, 0.6) is 11.8 Å². The molecule has 0 unspecified atom stereocenters. The Bertz CT molecular complexity index is 855. The highest BCUT2D eigenvalue weighted by Gasteiger charge is 2.07. The molecule has 0 saturated carbocycles. The number of aryl methyl sites for hydroxylation is 2. The van der Waals surface area contributed by atoms with E-state index in [1.807, 2.05) is 66.0 Å². The Hall–Kier alpha value is -2.19. The van der Waals surface area contributed by atoms with E-state index in [0.717, 1.165) is 22.5 Å². The summed E-state index contributed by atoms with van der Waals surface area (Å²) in [5.74, 6) is 1.17. The van der Waals surface area contributed by atoms with Crippen LogP contribution in [0.15, 0.2) is 24.3 Å². The third kappa shape index (κ3) is 9.23. The standard InChI is InChI=1S/C11H16N2OS.C10H14N2OS/c1-7(2)14-10-6-9(11(12)15-4)5-8(3)13-10;1-6(2)13-9-5-8(10(11)14)4-7(3)12-9/h5-7,12H,1-4H3;4-6H,1-3H3,(H2,11,14). The van der Waals surface area contributed by atoms with Crippen molar-refractivity contribution in [3.63, 3.8) is 0 Å². The quantitative estimate of drug-likeness (QED) is 0.387. The van der Waals surface area contributed by atoms with E-state index in [-0.39, 0.29) is 12.2 Å². The smallest absolute Gasteiger partial charge is 0.214 e. The zero-order valence-corrected chi connectivity index (χ0v) is 19.7. The molecule has 0 radical (unpaired) electrons. The first-order valence-corrected chi connectivity index (χ1v) is 10.9. The molecule has 0 amide bonds. The zero-order valence-electron chi connectivity index (χ0n) is 18.1. The first-order chi connectivity index (χ1) is 13.5. The number of hydrogen-bond acceptors (Lipinski definition) is 7. The van der Waals surface area contributed by atoms with E-state index in [1.165, 1.54) is 11.8 Å². The van der Waals surface area contributed by atoms with Gasteiger partial charge in [-0.05, 0) is 59.9 Å². The number of hydrogen-bond donors (Lipinski definition) is 2. The Labute approximate surface area is 183 Å². The molecule has 6 nitrogen and oxygen atoms in total. The molecule has 29 heavy (non-hydrogen) atoms. The van der Waals surface area contributed by atoms with Crippen molar-refractivity contribution in [2.24, 2.45) is 5.73 Å². The summed E-state index contributed by atoms with van der Waals surface area (Å²) in [5, 5.41) is 8.27. The molecule has 0 bridgehead atoms. The average molecular weight is 435 g/mol. The lowest BCUT2D eigenvalue weighted by Gasteiger charge is -2.10. The third-order valence-corrected chi connectivity index (χ3v) is 4.20. The predicted molar refractivity (Wildman–Crippen MR) is 126 cm³/mol. The molecule has 0 aliphatic heterocycles. The minimum Gasteiger partial charge on any atom is -0.475 e. The van der Waals surface area contributed by atoms with Crippen molar-refractivity contribution in [1.29, 1.82) is 5.41 Å². The summed E-state index contributed by atoms with van der Waals surface area (Å²) in [6.45, 7) is 11.6. The Morgan fingerprint density at radius 3 is 1.72 bits per heavy atom. The molecule has 3 N–H and O–H groups in total. The molecule has 2 aromatic heterocycles. The van der Waals surface area contributed by atoms with Gasteiger partial charge >= 0.3 is 0 Å². The molecule has 8 heteroatoms. The number of ether oxygens (including phenoxy) is 2. The fraction of sp³-hybridized carbons (Fsp3) is 0.429. The fourth-order valence-corrected chi connectivity index (χ4v) is 2.74. The van der Waals surface area contributed by atoms with Crippen LogP contribution in [-0.2, 0) is 0 Å². The summed E-state index contributed by atoms with van der Waals surface area (Å²) in [4.78, 5) is 8.85. The summed E-state index contributed by atoms with van der Waals surface area (Å²) in [5.41, 5.74) is 8.92. The second-order valence-electron chi connectivity index (χ2n) is 6.90. The lowest BCUT2D eigenvalue weighted by atomic mass is 10.2. The topological polar surface area (TPSA) is 94.1 Å². The molecule has 0 fully saturated rings. The molecule has 0 saturated heterocycles. The molecule has 0 aliphatic carbocycles. The van der Waals surface area contributed by atoms with Crippen LogP contribution >= 0.6 is 24.0 Å². The van der Waals surface area contributed by atoms with E-state index in [2.05, 4.69) is 9.97 Å². The van der Waals surface area contributed by atoms with Gasteiger partial charge in [-0.1, -0.05) is 12.2 Å². The molecule has 0 atom stereocenters. The van der Waals surface area contributed by atoms with Crippen LogP contribution in [0.1, 0.15) is 50.2 Å². The van der Waals surface area contributed by atoms with Gasteiger partial charge in [0.15, 0.2) is 0 Å². The number of nitrogens with two attached hydrogens (primary N) is 1. The molecular weight excluding hydrogens is 404 g/mol. The molecule has 2 aromatic rings. The van der Waals surface area contributed by atoms with Crippen molar-refractivity contribution in [2.45, 2.75) is 53.8 Å². The Morgan fingerprint density at radius 2 is 1.34 bits per heavy atom. The first kappa shape index (κ1) is 24.8. The number of nitrogens with zero attached hydrogens (tertiary/aromatic N) is 2. The van der Waals surface area contributed by atoms with Crippen LogP contribution in [0.2, 0.25) is 0 Å². The SMILES string of the molecule is CSC(=N)c1cc(C)nc(OC(C)C)c1.Cc1cc(C(N)=S)cc(OC(C)C)n1. The molecular formula is C21H30N4O2S2. The predicted octanol–water partition coefficient (Wildman–Crippen LogP) is 4.68. The van der Waals surface area contributed by atoms with Crippen LogP contribution in [0.4, 0.5) is 0 Å². The normalized spacial score (nSPS) is 10.4. The molecule has 0 spiro atoms. The van der Waals surface area contributed by atoms with E-state index >= 15 is 0 Å². The van der Waals surface area contributed by atoms with Gasteiger partial charge in [-0.3, -0.25) is 5.41 Å². The van der Waals surface area contributed by atoms with Gasteiger partial charge in [0.1, 0.15) is 4.99 Å². The number of pyridine rings is 2. The van der Waals surface area contributed by atoms with Crippen LogP contribution < -0.4 is 15.2 Å². The van der Waals surface area contributed by atoms with Crippen molar-refractivity contribution >= 4 is 34.0 Å². The second kappa shape index (κ2) is 11.7. The van der Waals surface area contributed by atoms with Crippen molar-refractivity contribution < 1.29 is 9.47 Å². The fourth-order valence-electron chi connectivity index (χ4n) is 2.27. The van der Waals surface area contributed by atoms with Crippen LogP contribution in [0.3, 0.4) is 0 Å². The Balaban J connectivity index is 0.000000291. The lowest BCUT2D eigenvalue weighted by molar-refractivity contribution is 0.232. The number of thiocarbonyl (C=S) groups is 1. The van der Waals surface area contributed by atoms with E-state index in [1.54, 1.807) is 6.07 Å². The van der Waals surface area contributed by atoms with Gasteiger partial charge < -0.3 is 15.2 Å². The van der Waals surface area contributed by atoms with E-state index in [0.29, 0.717) is 21.8 Å².